The number of rotatable bonds is 6. The third-order valence-electron chi connectivity index (χ3n) is 5.02. The molecule has 4 nitrogen and oxygen atoms in total. The quantitative estimate of drug-likeness (QED) is 0.574. The van der Waals surface area contributed by atoms with Crippen molar-refractivity contribution >= 4 is 11.8 Å². The van der Waals surface area contributed by atoms with Gasteiger partial charge in [0.05, 0.1) is 6.54 Å². The van der Waals surface area contributed by atoms with E-state index in [-0.39, 0.29) is 0 Å². The van der Waals surface area contributed by atoms with Gasteiger partial charge in [0.15, 0.2) is 11.0 Å². The van der Waals surface area contributed by atoms with Gasteiger partial charge < -0.3 is 0 Å². The lowest BCUT2D eigenvalue weighted by atomic mass is 10.1. The molecule has 140 valence electrons. The Kier molecular flexibility index (Phi) is 5.90. The highest BCUT2D eigenvalue weighted by molar-refractivity contribution is 7.98. The Balaban J connectivity index is 1.57. The highest BCUT2D eigenvalue weighted by Gasteiger charge is 2.18. The van der Waals surface area contributed by atoms with Crippen LogP contribution in [0.25, 0.3) is 5.69 Å². The summed E-state index contributed by atoms with van der Waals surface area (Å²) in [4.78, 5) is 2.50. The maximum Gasteiger partial charge on any atom is 0.196 e. The van der Waals surface area contributed by atoms with E-state index in [4.69, 9.17) is 0 Å². The zero-order valence-corrected chi connectivity index (χ0v) is 16.7. The lowest BCUT2D eigenvalue weighted by Gasteiger charge is -2.26. The first kappa shape index (κ1) is 18.3. The van der Waals surface area contributed by atoms with Crippen LogP contribution in [-0.4, -0.2) is 32.8 Å². The standard InChI is InChI=1S/C22H26N4S/c1-18-10-12-19(13-11-18)17-27-22-24-23-21(16-25-14-6-3-7-15-25)26(22)20-8-4-2-5-9-20/h2,4-5,8-13H,3,6-7,14-17H2,1H3. The van der Waals surface area contributed by atoms with E-state index < -0.39 is 0 Å². The minimum atomic E-state index is 0.868. The maximum atomic E-state index is 4.56. The second kappa shape index (κ2) is 8.72. The monoisotopic (exact) mass is 378 g/mol. The zero-order chi connectivity index (χ0) is 18.5. The predicted octanol–water partition coefficient (Wildman–Crippen LogP) is 4.85. The molecule has 0 spiro atoms. The number of benzene rings is 2. The van der Waals surface area contributed by atoms with Crippen LogP contribution in [0.4, 0.5) is 0 Å². The van der Waals surface area contributed by atoms with Gasteiger partial charge in [-0.2, -0.15) is 0 Å². The number of aryl methyl sites for hydroxylation is 1. The molecule has 0 radical (unpaired) electrons. The SMILES string of the molecule is Cc1ccc(CSc2nnc(CN3CCCCC3)n2-c2ccccc2)cc1. The predicted molar refractivity (Wildman–Crippen MR) is 111 cm³/mol. The van der Waals surface area contributed by atoms with Gasteiger partial charge in [-0.1, -0.05) is 66.2 Å². The van der Waals surface area contributed by atoms with Crippen molar-refractivity contribution in [3.63, 3.8) is 0 Å². The maximum absolute atomic E-state index is 4.56. The van der Waals surface area contributed by atoms with Crippen LogP contribution in [0.3, 0.4) is 0 Å². The molecule has 5 heteroatoms. The van der Waals surface area contributed by atoms with Gasteiger partial charge in [0.1, 0.15) is 0 Å². The summed E-state index contributed by atoms with van der Waals surface area (Å²) in [6, 6.07) is 19.2. The van der Waals surface area contributed by atoms with E-state index in [0.29, 0.717) is 0 Å². The molecule has 4 rings (SSSR count). The number of nitrogens with zero attached hydrogens (tertiary/aromatic N) is 4. The van der Waals surface area contributed by atoms with Gasteiger partial charge in [0.25, 0.3) is 0 Å². The van der Waals surface area contributed by atoms with Crippen LogP contribution >= 0.6 is 11.8 Å². The fourth-order valence-electron chi connectivity index (χ4n) is 3.48. The van der Waals surface area contributed by atoms with Crippen molar-refractivity contribution in [1.82, 2.24) is 19.7 Å². The molecule has 1 aliphatic heterocycles. The molecule has 0 saturated carbocycles. The molecular weight excluding hydrogens is 352 g/mol. The molecule has 0 bridgehead atoms. The molecule has 2 aromatic carbocycles. The number of hydrogen-bond donors (Lipinski definition) is 0. The molecule has 0 atom stereocenters. The summed E-state index contributed by atoms with van der Waals surface area (Å²) in [6.45, 7) is 5.31. The summed E-state index contributed by atoms with van der Waals surface area (Å²) in [6.07, 6.45) is 3.92. The van der Waals surface area contributed by atoms with Crippen molar-refractivity contribution in [2.24, 2.45) is 0 Å². The Hall–Kier alpha value is -2.11. The van der Waals surface area contributed by atoms with Crippen molar-refractivity contribution in [2.75, 3.05) is 13.1 Å². The van der Waals surface area contributed by atoms with Crippen LogP contribution in [0.15, 0.2) is 59.8 Å². The molecule has 1 aliphatic rings. The zero-order valence-electron chi connectivity index (χ0n) is 15.8. The molecule has 0 aliphatic carbocycles. The molecule has 1 saturated heterocycles. The Morgan fingerprint density at radius 3 is 2.37 bits per heavy atom. The van der Waals surface area contributed by atoms with Crippen LogP contribution < -0.4 is 0 Å². The molecule has 0 unspecified atom stereocenters. The largest absolute Gasteiger partial charge is 0.296 e. The molecule has 27 heavy (non-hydrogen) atoms. The Morgan fingerprint density at radius 2 is 1.63 bits per heavy atom. The van der Waals surface area contributed by atoms with Crippen molar-refractivity contribution in [3.05, 3.63) is 71.5 Å². The number of thioether (sulfide) groups is 1. The fraction of sp³-hybridized carbons (Fsp3) is 0.364. The summed E-state index contributed by atoms with van der Waals surface area (Å²) in [5.41, 5.74) is 3.74. The number of para-hydroxylation sites is 1. The van der Waals surface area contributed by atoms with Gasteiger partial charge in [-0.15, -0.1) is 10.2 Å². The fourth-order valence-corrected chi connectivity index (χ4v) is 4.41. The van der Waals surface area contributed by atoms with E-state index in [1.165, 1.54) is 30.4 Å². The van der Waals surface area contributed by atoms with Crippen molar-refractivity contribution < 1.29 is 0 Å². The first-order chi connectivity index (χ1) is 13.3. The van der Waals surface area contributed by atoms with E-state index in [2.05, 4.69) is 81.2 Å². The van der Waals surface area contributed by atoms with Crippen LogP contribution in [0.2, 0.25) is 0 Å². The highest BCUT2D eigenvalue weighted by Crippen LogP contribution is 2.26. The van der Waals surface area contributed by atoms with Crippen LogP contribution in [0, 0.1) is 6.92 Å². The third kappa shape index (κ3) is 4.60. The second-order valence-electron chi connectivity index (χ2n) is 7.18. The Labute approximate surface area is 165 Å². The van der Waals surface area contributed by atoms with Crippen LogP contribution in [0.1, 0.15) is 36.2 Å². The summed E-state index contributed by atoms with van der Waals surface area (Å²) in [7, 11) is 0. The second-order valence-corrected chi connectivity index (χ2v) is 8.12. The molecule has 2 heterocycles. The van der Waals surface area contributed by atoms with Crippen molar-refractivity contribution in [1.29, 1.82) is 0 Å². The first-order valence-electron chi connectivity index (χ1n) is 9.70. The van der Waals surface area contributed by atoms with Crippen LogP contribution in [-0.2, 0) is 12.3 Å². The van der Waals surface area contributed by atoms with Gasteiger partial charge in [-0.3, -0.25) is 9.47 Å². The normalized spacial score (nSPS) is 15.1. The van der Waals surface area contributed by atoms with Gasteiger partial charge in [-0.05, 0) is 50.6 Å². The summed E-state index contributed by atoms with van der Waals surface area (Å²) in [5.74, 6) is 1.93. The van der Waals surface area contributed by atoms with E-state index in [0.717, 1.165) is 42.1 Å². The molecule has 0 amide bonds. The summed E-state index contributed by atoms with van der Waals surface area (Å²) < 4.78 is 2.23. The van der Waals surface area contributed by atoms with E-state index in [1.54, 1.807) is 11.8 Å². The van der Waals surface area contributed by atoms with Crippen molar-refractivity contribution in [2.45, 2.75) is 43.6 Å². The molecule has 1 aromatic heterocycles. The molecule has 0 N–H and O–H groups in total. The van der Waals surface area contributed by atoms with E-state index in [1.807, 2.05) is 0 Å². The average Bonchev–Trinajstić information content (AvgIpc) is 3.11. The van der Waals surface area contributed by atoms with Crippen molar-refractivity contribution in [3.8, 4) is 5.69 Å². The van der Waals surface area contributed by atoms with Gasteiger partial charge in [-0.25, -0.2) is 0 Å². The first-order valence-corrected chi connectivity index (χ1v) is 10.7. The molecule has 3 aromatic rings. The smallest absolute Gasteiger partial charge is 0.196 e. The number of likely N-dealkylation sites (tertiary alicyclic amines) is 1. The number of piperidine rings is 1. The van der Waals surface area contributed by atoms with Gasteiger partial charge >= 0.3 is 0 Å². The minimum absolute atomic E-state index is 0.868. The molecule has 1 fully saturated rings. The Morgan fingerprint density at radius 1 is 0.889 bits per heavy atom. The van der Waals surface area contributed by atoms with E-state index in [9.17, 15) is 0 Å². The molecular formula is C22H26N4S. The van der Waals surface area contributed by atoms with Crippen LogP contribution in [0.5, 0.6) is 0 Å². The third-order valence-corrected chi connectivity index (χ3v) is 6.02. The van der Waals surface area contributed by atoms with Gasteiger partial charge in [0, 0.05) is 11.4 Å². The highest BCUT2D eigenvalue weighted by atomic mass is 32.2. The Bertz CT molecular complexity index is 852. The number of hydrogen-bond acceptors (Lipinski definition) is 4. The summed E-state index contributed by atoms with van der Waals surface area (Å²) in [5, 5.41) is 10.1. The average molecular weight is 379 g/mol. The topological polar surface area (TPSA) is 34.0 Å². The van der Waals surface area contributed by atoms with E-state index >= 15 is 0 Å². The van der Waals surface area contributed by atoms with Gasteiger partial charge in [0.2, 0.25) is 0 Å². The summed E-state index contributed by atoms with van der Waals surface area (Å²) >= 11 is 1.75. The lowest BCUT2D eigenvalue weighted by molar-refractivity contribution is 0.214. The minimum Gasteiger partial charge on any atom is -0.296 e. The number of aromatic nitrogens is 3. The lowest BCUT2D eigenvalue weighted by Crippen LogP contribution is -2.30.